The lowest BCUT2D eigenvalue weighted by atomic mass is 9.91. The molecule has 1 saturated heterocycles. The molecule has 4 amide bonds. The first kappa shape index (κ1) is 18.5. The third-order valence-corrected chi connectivity index (χ3v) is 4.51. The lowest BCUT2D eigenvalue weighted by Gasteiger charge is -2.23. The van der Waals surface area contributed by atoms with E-state index in [1.807, 2.05) is 13.8 Å². The van der Waals surface area contributed by atoms with Crippen molar-refractivity contribution in [1.29, 1.82) is 0 Å². The van der Waals surface area contributed by atoms with Gasteiger partial charge in [-0.2, -0.15) is 0 Å². The molecule has 6 nitrogen and oxygen atoms in total. The summed E-state index contributed by atoms with van der Waals surface area (Å²) in [6, 6.07) is 4.24. The van der Waals surface area contributed by atoms with Gasteiger partial charge in [0.2, 0.25) is 5.91 Å². The van der Waals surface area contributed by atoms with Crippen LogP contribution in [0.5, 0.6) is 0 Å². The molecule has 1 aliphatic rings. The van der Waals surface area contributed by atoms with Gasteiger partial charge in [-0.05, 0) is 31.4 Å². The SMILES string of the molecule is CC(C)C[C@]1(C)NC(=O)N(CC(=O)Nc2cccc(Cl)c2Cl)C1=O. The number of anilines is 1. The molecule has 1 aromatic carbocycles. The van der Waals surface area contributed by atoms with Crippen molar-refractivity contribution in [3.8, 4) is 0 Å². The minimum Gasteiger partial charge on any atom is -0.323 e. The molecule has 0 unspecified atom stereocenters. The maximum Gasteiger partial charge on any atom is 0.325 e. The topological polar surface area (TPSA) is 78.5 Å². The van der Waals surface area contributed by atoms with Gasteiger partial charge in [-0.25, -0.2) is 4.79 Å². The Kier molecular flexibility index (Phi) is 5.40. The molecule has 0 radical (unpaired) electrons. The summed E-state index contributed by atoms with van der Waals surface area (Å²) < 4.78 is 0. The van der Waals surface area contributed by atoms with Crippen LogP contribution in [0.1, 0.15) is 27.2 Å². The molecule has 130 valence electrons. The third kappa shape index (κ3) is 3.82. The van der Waals surface area contributed by atoms with Crippen LogP contribution in [0.4, 0.5) is 10.5 Å². The summed E-state index contributed by atoms with van der Waals surface area (Å²) >= 11 is 11.9. The number of urea groups is 1. The van der Waals surface area contributed by atoms with Crippen LogP contribution >= 0.6 is 23.2 Å². The van der Waals surface area contributed by atoms with E-state index in [0.717, 1.165) is 4.90 Å². The van der Waals surface area contributed by atoms with Crippen LogP contribution in [-0.4, -0.2) is 34.8 Å². The molecule has 0 saturated carbocycles. The Bertz CT molecular complexity index is 693. The highest BCUT2D eigenvalue weighted by molar-refractivity contribution is 6.44. The van der Waals surface area contributed by atoms with Crippen LogP contribution < -0.4 is 10.6 Å². The fraction of sp³-hybridized carbons (Fsp3) is 0.438. The molecule has 2 rings (SSSR count). The fourth-order valence-electron chi connectivity index (χ4n) is 2.78. The molecule has 1 atom stereocenters. The predicted molar refractivity (Wildman–Crippen MR) is 93.2 cm³/mol. The molecule has 1 aliphatic heterocycles. The zero-order chi connectivity index (χ0) is 18.1. The summed E-state index contributed by atoms with van der Waals surface area (Å²) in [4.78, 5) is 37.6. The van der Waals surface area contributed by atoms with E-state index in [0.29, 0.717) is 17.1 Å². The summed E-state index contributed by atoms with van der Waals surface area (Å²) in [5.74, 6) is -0.719. The van der Waals surface area contributed by atoms with E-state index in [4.69, 9.17) is 23.2 Å². The predicted octanol–water partition coefficient (Wildman–Crippen LogP) is 3.29. The maximum absolute atomic E-state index is 12.5. The van der Waals surface area contributed by atoms with Crippen LogP contribution in [0, 0.1) is 5.92 Å². The highest BCUT2D eigenvalue weighted by Crippen LogP contribution is 2.30. The molecule has 2 N–H and O–H groups in total. The van der Waals surface area contributed by atoms with Crippen molar-refractivity contribution in [2.45, 2.75) is 32.7 Å². The highest BCUT2D eigenvalue weighted by atomic mass is 35.5. The minimum absolute atomic E-state index is 0.203. The number of nitrogens with one attached hydrogen (secondary N) is 2. The second kappa shape index (κ2) is 6.99. The Morgan fingerprint density at radius 1 is 1.33 bits per heavy atom. The van der Waals surface area contributed by atoms with E-state index in [1.165, 1.54) is 0 Å². The number of carbonyl (C=O) groups excluding carboxylic acids is 3. The van der Waals surface area contributed by atoms with Gasteiger partial charge in [0.05, 0.1) is 15.7 Å². The van der Waals surface area contributed by atoms with Crippen molar-refractivity contribution in [3.63, 3.8) is 0 Å². The maximum atomic E-state index is 12.5. The van der Waals surface area contributed by atoms with Crippen molar-refractivity contribution in [3.05, 3.63) is 28.2 Å². The van der Waals surface area contributed by atoms with Gasteiger partial charge in [0.15, 0.2) is 0 Å². The van der Waals surface area contributed by atoms with Gasteiger partial charge in [-0.1, -0.05) is 43.1 Å². The number of nitrogens with zero attached hydrogens (tertiary/aromatic N) is 1. The number of hydrogen-bond donors (Lipinski definition) is 2. The normalized spacial score (nSPS) is 20.5. The van der Waals surface area contributed by atoms with Gasteiger partial charge in [-0.3, -0.25) is 14.5 Å². The first-order valence-corrected chi connectivity index (χ1v) is 8.27. The van der Waals surface area contributed by atoms with Gasteiger partial charge in [0.1, 0.15) is 12.1 Å². The molecule has 0 bridgehead atoms. The van der Waals surface area contributed by atoms with E-state index in [1.54, 1.807) is 25.1 Å². The molecular weight excluding hydrogens is 353 g/mol. The summed E-state index contributed by atoms with van der Waals surface area (Å²) in [6.07, 6.45) is 0.496. The molecule has 0 spiro atoms. The summed E-state index contributed by atoms with van der Waals surface area (Å²) in [5.41, 5.74) is -0.662. The lowest BCUT2D eigenvalue weighted by Crippen LogP contribution is -2.45. The van der Waals surface area contributed by atoms with Crippen LogP contribution in [-0.2, 0) is 9.59 Å². The van der Waals surface area contributed by atoms with Gasteiger partial charge in [0.25, 0.3) is 5.91 Å². The Labute approximate surface area is 150 Å². The number of benzene rings is 1. The van der Waals surface area contributed by atoms with Crippen molar-refractivity contribution in [1.82, 2.24) is 10.2 Å². The second-order valence-corrected chi connectivity index (χ2v) is 7.19. The molecule has 1 heterocycles. The number of halogens is 2. The van der Waals surface area contributed by atoms with Crippen LogP contribution in [0.2, 0.25) is 10.0 Å². The molecule has 0 aliphatic carbocycles. The number of hydrogen-bond acceptors (Lipinski definition) is 3. The van der Waals surface area contributed by atoms with E-state index < -0.39 is 23.4 Å². The quantitative estimate of drug-likeness (QED) is 0.779. The van der Waals surface area contributed by atoms with E-state index in [-0.39, 0.29) is 17.5 Å². The van der Waals surface area contributed by atoms with Crippen LogP contribution in [0.3, 0.4) is 0 Å². The summed E-state index contributed by atoms with van der Waals surface area (Å²) in [6.45, 7) is 5.20. The second-order valence-electron chi connectivity index (χ2n) is 6.40. The van der Waals surface area contributed by atoms with Gasteiger partial charge in [0, 0.05) is 0 Å². The minimum atomic E-state index is -0.987. The summed E-state index contributed by atoms with van der Waals surface area (Å²) in [5, 5.41) is 5.72. The molecule has 0 aromatic heterocycles. The Hall–Kier alpha value is -1.79. The Balaban J connectivity index is 2.08. The molecule has 1 fully saturated rings. The average molecular weight is 372 g/mol. The van der Waals surface area contributed by atoms with Gasteiger partial charge in [-0.15, -0.1) is 0 Å². The van der Waals surface area contributed by atoms with Crippen molar-refractivity contribution in [2.75, 3.05) is 11.9 Å². The first-order chi connectivity index (χ1) is 11.1. The number of rotatable bonds is 5. The highest BCUT2D eigenvalue weighted by Gasteiger charge is 2.48. The molecule has 8 heteroatoms. The summed E-state index contributed by atoms with van der Waals surface area (Å²) in [7, 11) is 0. The van der Waals surface area contributed by atoms with Crippen LogP contribution in [0.15, 0.2) is 18.2 Å². The Morgan fingerprint density at radius 3 is 2.62 bits per heavy atom. The first-order valence-electron chi connectivity index (χ1n) is 7.52. The van der Waals surface area contributed by atoms with Gasteiger partial charge < -0.3 is 10.6 Å². The zero-order valence-electron chi connectivity index (χ0n) is 13.7. The van der Waals surface area contributed by atoms with Crippen molar-refractivity contribution >= 4 is 46.7 Å². The van der Waals surface area contributed by atoms with Crippen molar-refractivity contribution < 1.29 is 14.4 Å². The lowest BCUT2D eigenvalue weighted by molar-refractivity contribution is -0.133. The Morgan fingerprint density at radius 2 is 2.00 bits per heavy atom. The van der Waals surface area contributed by atoms with Crippen molar-refractivity contribution in [2.24, 2.45) is 5.92 Å². The standard InChI is InChI=1S/C16H19Cl2N3O3/c1-9(2)7-16(3)14(23)21(15(24)20-16)8-12(22)19-11-6-4-5-10(17)13(11)18/h4-6,9H,7-8H2,1-3H3,(H,19,22)(H,20,24)/t16-/m0/s1. The van der Waals surface area contributed by atoms with Crippen LogP contribution in [0.25, 0.3) is 0 Å². The number of amides is 4. The molecular formula is C16H19Cl2N3O3. The zero-order valence-corrected chi connectivity index (χ0v) is 15.2. The molecule has 1 aromatic rings. The monoisotopic (exact) mass is 371 g/mol. The van der Waals surface area contributed by atoms with E-state index >= 15 is 0 Å². The smallest absolute Gasteiger partial charge is 0.323 e. The third-order valence-electron chi connectivity index (χ3n) is 3.69. The fourth-order valence-corrected chi connectivity index (χ4v) is 3.13. The van der Waals surface area contributed by atoms with Gasteiger partial charge >= 0.3 is 6.03 Å². The van der Waals surface area contributed by atoms with E-state index in [9.17, 15) is 14.4 Å². The number of imide groups is 1. The largest absolute Gasteiger partial charge is 0.325 e. The average Bonchev–Trinajstić information content (AvgIpc) is 2.66. The number of carbonyl (C=O) groups is 3. The molecule has 24 heavy (non-hydrogen) atoms. The van der Waals surface area contributed by atoms with E-state index in [2.05, 4.69) is 10.6 Å².